The van der Waals surface area contributed by atoms with Crippen LogP contribution < -0.4 is 16.0 Å². The van der Waals surface area contributed by atoms with Gasteiger partial charge in [0.05, 0.1) is 23.0 Å². The van der Waals surface area contributed by atoms with Crippen molar-refractivity contribution < 1.29 is 18.1 Å². The van der Waals surface area contributed by atoms with Crippen molar-refractivity contribution in [2.75, 3.05) is 61.9 Å². The summed E-state index contributed by atoms with van der Waals surface area (Å²) >= 11 is 1.66. The van der Waals surface area contributed by atoms with Crippen LogP contribution in [0.2, 0.25) is 0 Å². The number of benzene rings is 5. The van der Waals surface area contributed by atoms with Crippen LogP contribution in [0.5, 0.6) is 0 Å². The van der Waals surface area contributed by atoms with E-state index in [0.717, 1.165) is 68.6 Å². The lowest BCUT2D eigenvalue weighted by Crippen LogP contribution is -2.39. The molecule has 0 spiro atoms. The molecular weight excluding hydrogens is 769 g/mol. The fourth-order valence-corrected chi connectivity index (χ4v) is 9.20. The summed E-state index contributed by atoms with van der Waals surface area (Å²) in [6.45, 7) is 5.53. The van der Waals surface area contributed by atoms with Crippen LogP contribution in [0.25, 0.3) is 17.2 Å². The molecule has 0 aliphatic carbocycles. The highest BCUT2D eigenvalue weighted by atomic mass is 32.2. The molecule has 5 aromatic rings. The SMILES string of the molecule is NC(=NS(=O)(=O)c1ccc(N[C@H](CCN2CCOCC2)CSc2ccccc2)c([N+](=O)[O-])c1)c1ccc(N2CCC(=Cc3ccccc3-c3ccccc3)CC2)cc1. The quantitative estimate of drug-likeness (QED) is 0.0348. The molecule has 2 heterocycles. The number of anilines is 2. The van der Waals surface area contributed by atoms with Crippen molar-refractivity contribution in [3.05, 3.63) is 154 Å². The van der Waals surface area contributed by atoms with Crippen molar-refractivity contribution in [3.63, 3.8) is 0 Å². The summed E-state index contributed by atoms with van der Waals surface area (Å²) in [6, 6.07) is 39.9. The molecule has 0 radical (unpaired) electrons. The molecule has 7 rings (SSSR count). The Labute approximate surface area is 344 Å². The van der Waals surface area contributed by atoms with Crippen molar-refractivity contribution >= 4 is 50.8 Å². The van der Waals surface area contributed by atoms with Gasteiger partial charge >= 0.3 is 0 Å². The van der Waals surface area contributed by atoms with Crippen LogP contribution in [-0.4, -0.2) is 81.8 Å². The minimum atomic E-state index is -4.37. The Bertz CT molecular complexity index is 2330. The molecule has 13 heteroatoms. The lowest BCUT2D eigenvalue weighted by Gasteiger charge is -2.30. The summed E-state index contributed by atoms with van der Waals surface area (Å²) < 4.78 is 36.4. The summed E-state index contributed by atoms with van der Waals surface area (Å²) in [5, 5.41) is 15.7. The number of nitrogens with two attached hydrogens (primary N) is 1. The lowest BCUT2D eigenvalue weighted by atomic mass is 9.95. The van der Waals surface area contributed by atoms with E-state index in [1.165, 1.54) is 34.4 Å². The second-order valence-corrected chi connectivity index (χ2v) is 17.1. The van der Waals surface area contributed by atoms with Gasteiger partial charge in [-0.25, -0.2) is 0 Å². The number of morpholine rings is 1. The standard InChI is InChI=1S/C45H48N6O5S2/c46-45(36-15-17-39(18-16-36)50-25-21-34(22-26-50)31-37-11-7-8-14-42(37)35-9-3-1-4-10-35)48-58(54,55)41-19-20-43(44(32-41)51(52)53)47-38(23-24-49-27-29-56-30-28-49)33-57-40-12-5-2-6-13-40/h1-20,31-32,38,47H,21-30,33H2,(H2,46,48)/t38-/m1/s1. The molecule has 2 aliphatic rings. The van der Waals surface area contributed by atoms with Gasteiger partial charge in [0.15, 0.2) is 0 Å². The molecule has 2 aliphatic heterocycles. The van der Waals surface area contributed by atoms with Crippen molar-refractivity contribution in [2.24, 2.45) is 10.1 Å². The fraction of sp³-hybridized carbons (Fsp3) is 0.267. The predicted molar refractivity (Wildman–Crippen MR) is 235 cm³/mol. The normalized spacial score (nSPS) is 15.8. The van der Waals surface area contributed by atoms with Gasteiger partial charge in [-0.3, -0.25) is 15.0 Å². The minimum Gasteiger partial charge on any atom is -0.383 e. The van der Waals surface area contributed by atoms with E-state index >= 15 is 0 Å². The Balaban J connectivity index is 1.00. The summed E-state index contributed by atoms with van der Waals surface area (Å²) in [7, 11) is -4.37. The first kappa shape index (κ1) is 40.7. The molecule has 1 atom stereocenters. The molecule has 2 fully saturated rings. The van der Waals surface area contributed by atoms with Gasteiger partial charge in [-0.05, 0) is 84.5 Å². The number of sulfonamides is 1. The minimum absolute atomic E-state index is 0.128. The van der Waals surface area contributed by atoms with Crippen LogP contribution in [0.15, 0.2) is 147 Å². The smallest absolute Gasteiger partial charge is 0.293 e. The van der Waals surface area contributed by atoms with Gasteiger partial charge < -0.3 is 20.7 Å². The number of rotatable bonds is 15. The Kier molecular flexibility index (Phi) is 13.6. The molecule has 11 nitrogen and oxygen atoms in total. The highest BCUT2D eigenvalue weighted by Gasteiger charge is 2.24. The number of nitro groups is 1. The van der Waals surface area contributed by atoms with Crippen LogP contribution in [0.1, 0.15) is 30.4 Å². The van der Waals surface area contributed by atoms with Crippen molar-refractivity contribution in [3.8, 4) is 11.1 Å². The van der Waals surface area contributed by atoms with Gasteiger partial charge in [0.25, 0.3) is 15.7 Å². The van der Waals surface area contributed by atoms with Gasteiger partial charge in [-0.2, -0.15) is 8.42 Å². The first-order valence-electron chi connectivity index (χ1n) is 19.5. The Morgan fingerprint density at radius 1 is 0.879 bits per heavy atom. The molecular formula is C45H48N6O5S2. The second-order valence-electron chi connectivity index (χ2n) is 14.4. The Morgan fingerprint density at radius 2 is 1.55 bits per heavy atom. The van der Waals surface area contributed by atoms with Gasteiger partial charge in [0, 0.05) is 66.7 Å². The van der Waals surface area contributed by atoms with E-state index in [2.05, 4.69) is 74.1 Å². The van der Waals surface area contributed by atoms with E-state index in [1.807, 2.05) is 48.5 Å². The van der Waals surface area contributed by atoms with Crippen molar-refractivity contribution in [1.29, 1.82) is 0 Å². The molecule has 5 aromatic carbocycles. The zero-order chi connectivity index (χ0) is 40.3. The number of ether oxygens (including phenoxy) is 1. The van der Waals surface area contributed by atoms with Crippen LogP contribution in [0, 0.1) is 10.1 Å². The molecule has 0 saturated carbocycles. The third kappa shape index (κ3) is 10.7. The topological polar surface area (TPSA) is 143 Å². The molecule has 58 heavy (non-hydrogen) atoms. The zero-order valence-electron chi connectivity index (χ0n) is 32.3. The van der Waals surface area contributed by atoms with Crippen LogP contribution in [0.3, 0.4) is 0 Å². The number of nitro benzene ring substituents is 1. The average Bonchev–Trinajstić information content (AvgIpc) is 3.26. The van der Waals surface area contributed by atoms with Crippen molar-refractivity contribution in [1.82, 2.24) is 4.90 Å². The molecule has 0 amide bonds. The second kappa shape index (κ2) is 19.3. The van der Waals surface area contributed by atoms with E-state index in [1.54, 1.807) is 23.9 Å². The number of amidine groups is 1. The van der Waals surface area contributed by atoms with Crippen LogP contribution in [-0.2, 0) is 14.8 Å². The average molecular weight is 817 g/mol. The highest BCUT2D eigenvalue weighted by Crippen LogP contribution is 2.32. The van der Waals surface area contributed by atoms with Crippen molar-refractivity contribution in [2.45, 2.75) is 35.1 Å². The van der Waals surface area contributed by atoms with Gasteiger partial charge in [0.2, 0.25) is 0 Å². The summed E-state index contributed by atoms with van der Waals surface area (Å²) in [5.41, 5.74) is 12.6. The van der Waals surface area contributed by atoms with E-state index < -0.39 is 14.9 Å². The molecule has 3 N–H and O–H groups in total. The summed E-state index contributed by atoms with van der Waals surface area (Å²) in [6.07, 6.45) is 4.90. The Morgan fingerprint density at radius 3 is 2.26 bits per heavy atom. The summed E-state index contributed by atoms with van der Waals surface area (Å²) in [4.78, 5) is 17.2. The van der Waals surface area contributed by atoms with Crippen LogP contribution >= 0.6 is 11.8 Å². The van der Waals surface area contributed by atoms with E-state index in [4.69, 9.17) is 10.5 Å². The third-order valence-corrected chi connectivity index (χ3v) is 12.9. The number of nitrogens with one attached hydrogen (secondary N) is 1. The third-order valence-electron chi connectivity index (χ3n) is 10.5. The summed E-state index contributed by atoms with van der Waals surface area (Å²) in [5.74, 6) is 0.462. The maximum atomic E-state index is 13.5. The fourth-order valence-electron chi connectivity index (χ4n) is 7.24. The maximum Gasteiger partial charge on any atom is 0.293 e. The van der Waals surface area contributed by atoms with Gasteiger partial charge in [-0.15, -0.1) is 16.2 Å². The number of hydrogen-bond donors (Lipinski definition) is 2. The van der Waals surface area contributed by atoms with Gasteiger partial charge in [-0.1, -0.05) is 84.4 Å². The largest absolute Gasteiger partial charge is 0.383 e. The molecule has 0 aromatic heterocycles. The molecule has 300 valence electrons. The lowest BCUT2D eigenvalue weighted by molar-refractivity contribution is -0.384. The van der Waals surface area contributed by atoms with Gasteiger partial charge in [0.1, 0.15) is 11.5 Å². The maximum absolute atomic E-state index is 13.5. The van der Waals surface area contributed by atoms with Crippen LogP contribution in [0.4, 0.5) is 17.1 Å². The van der Waals surface area contributed by atoms with E-state index in [9.17, 15) is 18.5 Å². The molecule has 0 unspecified atom stereocenters. The van der Waals surface area contributed by atoms with E-state index in [0.29, 0.717) is 24.5 Å². The number of hydrogen-bond acceptors (Lipinski definition) is 9. The first-order chi connectivity index (χ1) is 28.2. The highest BCUT2D eigenvalue weighted by molar-refractivity contribution is 7.99. The monoisotopic (exact) mass is 816 g/mol. The number of nitrogens with zero attached hydrogens (tertiary/aromatic N) is 4. The van der Waals surface area contributed by atoms with E-state index in [-0.39, 0.29) is 28.1 Å². The molecule has 0 bridgehead atoms. The first-order valence-corrected chi connectivity index (χ1v) is 22.0. The zero-order valence-corrected chi connectivity index (χ0v) is 33.9. The molecule has 2 saturated heterocycles. The Hall–Kier alpha value is -5.47. The predicted octanol–water partition coefficient (Wildman–Crippen LogP) is 8.33. The number of piperidine rings is 1. The number of thioether (sulfide) groups is 1.